The van der Waals surface area contributed by atoms with E-state index in [9.17, 15) is 30.7 Å². The molecule has 0 bridgehead atoms. The van der Waals surface area contributed by atoms with Crippen LogP contribution in [0.25, 0.3) is 5.69 Å². The largest absolute Gasteiger partial charge is 0.484 e. The van der Waals surface area contributed by atoms with Crippen LogP contribution < -0.4 is 4.74 Å². The van der Waals surface area contributed by atoms with Crippen LogP contribution in [0.3, 0.4) is 0 Å². The predicted octanol–water partition coefficient (Wildman–Crippen LogP) is 4.89. The van der Waals surface area contributed by atoms with E-state index in [0.29, 0.717) is 12.1 Å². The van der Waals surface area contributed by atoms with E-state index in [1.54, 1.807) is 0 Å². The van der Waals surface area contributed by atoms with E-state index < -0.39 is 47.2 Å². The summed E-state index contributed by atoms with van der Waals surface area (Å²) in [4.78, 5) is 0. The number of hydrogen-bond acceptors (Lipinski definition) is 4. The molecule has 1 aromatic heterocycles. The maximum atomic E-state index is 13.9. The van der Waals surface area contributed by atoms with Gasteiger partial charge >= 0.3 is 12.4 Å². The van der Waals surface area contributed by atoms with Gasteiger partial charge in [0.2, 0.25) is 0 Å². The van der Waals surface area contributed by atoms with E-state index in [2.05, 4.69) is 10.3 Å². The van der Waals surface area contributed by atoms with Crippen molar-refractivity contribution in [3.05, 3.63) is 70.8 Å². The summed E-state index contributed by atoms with van der Waals surface area (Å²) in [5, 5.41) is 16.1. The number of nitrogens with zero attached hydrogens (tertiary/aromatic N) is 4. The molecule has 0 radical (unpaired) electrons. The van der Waals surface area contributed by atoms with Gasteiger partial charge in [0.15, 0.2) is 11.6 Å². The zero-order valence-electron chi connectivity index (χ0n) is 14.6. The number of aromatic nitrogens is 3. The van der Waals surface area contributed by atoms with Crippen LogP contribution in [-0.2, 0) is 19.0 Å². The topological polar surface area (TPSA) is 63.7 Å². The Morgan fingerprint density at radius 2 is 1.70 bits per heavy atom. The summed E-state index contributed by atoms with van der Waals surface area (Å²) in [6, 6.07) is 6.83. The molecule has 0 saturated carbocycles. The molecule has 0 aliphatic carbocycles. The molecule has 0 aliphatic heterocycles. The molecule has 0 saturated heterocycles. The van der Waals surface area contributed by atoms with Gasteiger partial charge in [0.05, 0.1) is 34.6 Å². The molecule has 30 heavy (non-hydrogen) atoms. The highest BCUT2D eigenvalue weighted by Crippen LogP contribution is 2.35. The maximum absolute atomic E-state index is 13.9. The Kier molecular flexibility index (Phi) is 5.39. The Morgan fingerprint density at radius 3 is 2.33 bits per heavy atom. The molecule has 2 aromatic carbocycles. The van der Waals surface area contributed by atoms with Crippen LogP contribution >= 0.6 is 0 Å². The summed E-state index contributed by atoms with van der Waals surface area (Å²) in [7, 11) is 0. The lowest BCUT2D eigenvalue weighted by atomic mass is 10.1. The maximum Gasteiger partial charge on any atom is 0.419 e. The standard InChI is InChI=1S/C18H9F7N4O/c19-16-13(17(20,21)22)2-1-3-15(16)30-9-11-8-29(28-27-11)12-5-4-10(7-26)14(6-12)18(23,24)25/h1-6,8H,9H2. The number of nitriles is 1. The molecule has 0 amide bonds. The summed E-state index contributed by atoms with van der Waals surface area (Å²) < 4.78 is 97.3. The smallest absolute Gasteiger partial charge is 0.419 e. The van der Waals surface area contributed by atoms with Gasteiger partial charge in [-0.15, -0.1) is 5.10 Å². The fourth-order valence-corrected chi connectivity index (χ4v) is 2.49. The highest BCUT2D eigenvalue weighted by atomic mass is 19.4. The number of rotatable bonds is 4. The highest BCUT2D eigenvalue weighted by molar-refractivity contribution is 5.47. The van der Waals surface area contributed by atoms with Crippen molar-refractivity contribution in [2.24, 2.45) is 0 Å². The monoisotopic (exact) mass is 430 g/mol. The average molecular weight is 430 g/mol. The van der Waals surface area contributed by atoms with Gasteiger partial charge in [0.25, 0.3) is 0 Å². The van der Waals surface area contributed by atoms with Crippen molar-refractivity contribution in [1.82, 2.24) is 15.0 Å². The number of alkyl halides is 6. The van der Waals surface area contributed by atoms with E-state index in [0.717, 1.165) is 29.1 Å². The van der Waals surface area contributed by atoms with E-state index >= 15 is 0 Å². The van der Waals surface area contributed by atoms with Crippen LogP contribution in [0.2, 0.25) is 0 Å². The lowest BCUT2D eigenvalue weighted by molar-refractivity contribution is -0.140. The van der Waals surface area contributed by atoms with Crippen LogP contribution in [0.5, 0.6) is 5.75 Å². The lowest BCUT2D eigenvalue weighted by Crippen LogP contribution is -2.09. The minimum atomic E-state index is -4.90. The summed E-state index contributed by atoms with van der Waals surface area (Å²) >= 11 is 0. The second kappa shape index (κ2) is 7.66. The summed E-state index contributed by atoms with van der Waals surface area (Å²) in [6.45, 7) is -0.485. The van der Waals surface area contributed by atoms with Gasteiger partial charge in [0.1, 0.15) is 12.3 Å². The zero-order valence-corrected chi connectivity index (χ0v) is 14.6. The molecule has 1 heterocycles. The Labute approximate surface area is 163 Å². The van der Waals surface area contributed by atoms with E-state index in [-0.39, 0.29) is 11.4 Å². The Hall–Kier alpha value is -3.62. The van der Waals surface area contributed by atoms with Crippen LogP contribution in [0.1, 0.15) is 22.4 Å². The van der Waals surface area contributed by atoms with Crippen molar-refractivity contribution in [2.45, 2.75) is 19.0 Å². The summed E-state index contributed by atoms with van der Waals surface area (Å²) in [5.74, 6) is -2.27. The molecular formula is C18H9F7N4O. The molecule has 0 spiro atoms. The Bertz CT molecular complexity index is 1110. The summed E-state index contributed by atoms with van der Waals surface area (Å²) in [6.07, 6.45) is -8.51. The first-order valence-electron chi connectivity index (χ1n) is 8.02. The van der Waals surface area contributed by atoms with Crippen LogP contribution in [-0.4, -0.2) is 15.0 Å². The normalized spacial score (nSPS) is 11.9. The molecule has 0 aliphatic rings. The fraction of sp³-hybridized carbons (Fsp3) is 0.167. The van der Waals surface area contributed by atoms with Gasteiger partial charge in [-0.3, -0.25) is 0 Å². The van der Waals surface area contributed by atoms with Crippen LogP contribution in [0.15, 0.2) is 42.6 Å². The SMILES string of the molecule is N#Cc1ccc(-n2cc(COc3cccc(C(F)(F)F)c3F)nn2)cc1C(F)(F)F. The van der Waals surface area contributed by atoms with Crippen molar-refractivity contribution in [1.29, 1.82) is 5.26 Å². The van der Waals surface area contributed by atoms with Gasteiger partial charge < -0.3 is 4.74 Å². The van der Waals surface area contributed by atoms with Crippen molar-refractivity contribution < 1.29 is 35.5 Å². The molecule has 0 N–H and O–H groups in total. The molecule has 3 rings (SSSR count). The molecule has 3 aromatic rings. The molecule has 0 atom stereocenters. The van der Waals surface area contributed by atoms with E-state index in [1.165, 1.54) is 12.1 Å². The predicted molar refractivity (Wildman–Crippen MR) is 86.8 cm³/mol. The number of halogens is 7. The van der Waals surface area contributed by atoms with Gasteiger partial charge in [-0.1, -0.05) is 11.3 Å². The van der Waals surface area contributed by atoms with Crippen molar-refractivity contribution in [2.75, 3.05) is 0 Å². The van der Waals surface area contributed by atoms with E-state index in [4.69, 9.17) is 10.00 Å². The quantitative estimate of drug-likeness (QED) is 0.553. The van der Waals surface area contributed by atoms with Gasteiger partial charge in [-0.2, -0.15) is 31.6 Å². The Balaban J connectivity index is 1.81. The van der Waals surface area contributed by atoms with Crippen molar-refractivity contribution in [3.63, 3.8) is 0 Å². The zero-order chi connectivity index (χ0) is 22.1. The molecule has 0 unspecified atom stereocenters. The van der Waals surface area contributed by atoms with Gasteiger partial charge in [-0.05, 0) is 30.3 Å². The fourth-order valence-electron chi connectivity index (χ4n) is 2.49. The third kappa shape index (κ3) is 4.35. The minimum Gasteiger partial charge on any atom is -0.484 e. The first kappa shape index (κ1) is 21.1. The molecule has 12 heteroatoms. The third-order valence-electron chi connectivity index (χ3n) is 3.88. The van der Waals surface area contributed by atoms with Crippen LogP contribution in [0, 0.1) is 17.1 Å². The molecule has 156 valence electrons. The number of ether oxygens (including phenoxy) is 1. The molecular weight excluding hydrogens is 421 g/mol. The van der Waals surface area contributed by atoms with Crippen LogP contribution in [0.4, 0.5) is 30.7 Å². The van der Waals surface area contributed by atoms with Crippen molar-refractivity contribution in [3.8, 4) is 17.5 Å². The lowest BCUT2D eigenvalue weighted by Gasteiger charge is -2.11. The Morgan fingerprint density at radius 1 is 1.00 bits per heavy atom. The van der Waals surface area contributed by atoms with E-state index in [1.807, 2.05) is 0 Å². The first-order chi connectivity index (χ1) is 14.0. The molecule has 5 nitrogen and oxygen atoms in total. The van der Waals surface area contributed by atoms with Gasteiger partial charge in [-0.25, -0.2) is 9.07 Å². The molecule has 0 fully saturated rings. The third-order valence-corrected chi connectivity index (χ3v) is 3.88. The minimum absolute atomic E-state index is 0.0183. The average Bonchev–Trinajstić information content (AvgIpc) is 3.14. The highest BCUT2D eigenvalue weighted by Gasteiger charge is 2.35. The second-order valence-corrected chi connectivity index (χ2v) is 5.90. The first-order valence-corrected chi connectivity index (χ1v) is 8.02. The van der Waals surface area contributed by atoms with Gasteiger partial charge in [0, 0.05) is 0 Å². The second-order valence-electron chi connectivity index (χ2n) is 5.90. The van der Waals surface area contributed by atoms with Crippen molar-refractivity contribution >= 4 is 0 Å². The number of benzene rings is 2. The number of hydrogen-bond donors (Lipinski definition) is 0. The summed E-state index contributed by atoms with van der Waals surface area (Å²) in [5.41, 5.74) is -3.28.